The average molecular weight is 303 g/mol. The van der Waals surface area contributed by atoms with Crippen LogP contribution in [0.25, 0.3) is 0 Å². The number of hydrogen-bond donors (Lipinski definition) is 0. The van der Waals surface area contributed by atoms with Crippen LogP contribution in [-0.4, -0.2) is 43.2 Å². The highest BCUT2D eigenvalue weighted by atomic mass is 16.5. The van der Waals surface area contributed by atoms with Crippen LogP contribution < -0.4 is 4.74 Å². The van der Waals surface area contributed by atoms with Crippen molar-refractivity contribution >= 4 is 5.97 Å². The highest BCUT2D eigenvalue weighted by Crippen LogP contribution is 2.36. The lowest BCUT2D eigenvalue weighted by atomic mass is 9.99. The number of benzene rings is 1. The number of rotatable bonds is 4. The second kappa shape index (κ2) is 6.29. The first-order valence-electron chi connectivity index (χ1n) is 8.15. The predicted octanol–water partition coefficient (Wildman–Crippen LogP) is 2.97. The Morgan fingerprint density at radius 3 is 2.32 bits per heavy atom. The van der Waals surface area contributed by atoms with Crippen molar-refractivity contribution in [3.8, 4) is 5.75 Å². The number of piperidine rings is 1. The fourth-order valence-electron chi connectivity index (χ4n) is 3.75. The molecule has 120 valence electrons. The summed E-state index contributed by atoms with van der Waals surface area (Å²) in [5.41, 5.74) is 0.974. The van der Waals surface area contributed by atoms with Gasteiger partial charge in [-0.05, 0) is 57.4 Å². The summed E-state index contributed by atoms with van der Waals surface area (Å²) < 4.78 is 10.9. The largest absolute Gasteiger partial charge is 0.497 e. The Bertz CT molecular complexity index is 514. The molecule has 3 rings (SSSR count). The van der Waals surface area contributed by atoms with Crippen LogP contribution in [0.1, 0.15) is 44.1 Å². The third-order valence-electron chi connectivity index (χ3n) is 5.31. The summed E-state index contributed by atoms with van der Waals surface area (Å²) in [6.45, 7) is 1.91. The zero-order chi connectivity index (χ0) is 15.7. The minimum absolute atomic E-state index is 0.0851. The van der Waals surface area contributed by atoms with Crippen LogP contribution in [0, 0.1) is 0 Å². The Morgan fingerprint density at radius 1 is 1.18 bits per heavy atom. The summed E-state index contributed by atoms with van der Waals surface area (Å²) in [6.07, 6.45) is 4.52. The average Bonchev–Trinajstić information content (AvgIpc) is 2.76. The number of nitrogens with zero attached hydrogens (tertiary/aromatic N) is 1. The number of carbonyl (C=O) groups excluding carboxylic acids is 1. The molecule has 0 aromatic heterocycles. The third-order valence-corrected chi connectivity index (χ3v) is 5.31. The molecule has 4 heteroatoms. The molecule has 2 aliphatic rings. The van der Waals surface area contributed by atoms with Gasteiger partial charge in [-0.2, -0.15) is 0 Å². The minimum atomic E-state index is -0.233. The highest BCUT2D eigenvalue weighted by Gasteiger charge is 2.40. The van der Waals surface area contributed by atoms with E-state index in [0.717, 1.165) is 24.2 Å². The van der Waals surface area contributed by atoms with Crippen LogP contribution in [0.2, 0.25) is 0 Å². The van der Waals surface area contributed by atoms with Gasteiger partial charge in [0.1, 0.15) is 11.9 Å². The van der Waals surface area contributed by atoms with Crippen molar-refractivity contribution in [2.24, 2.45) is 0 Å². The van der Waals surface area contributed by atoms with E-state index in [1.165, 1.54) is 12.8 Å². The molecule has 0 aliphatic carbocycles. The molecular weight excluding hydrogens is 278 g/mol. The Kier molecular flexibility index (Phi) is 4.39. The van der Waals surface area contributed by atoms with Crippen molar-refractivity contribution in [1.82, 2.24) is 4.90 Å². The maximum Gasteiger partial charge on any atom is 0.313 e. The SMILES string of the molecule is COc1ccc(C(C)C(=O)OC2C[C@H]3CC[C@@H](C2)N3C)cc1. The van der Waals surface area contributed by atoms with Crippen molar-refractivity contribution < 1.29 is 14.3 Å². The summed E-state index contributed by atoms with van der Waals surface area (Å²) in [6, 6.07) is 8.82. The molecular formula is C18H25NO3. The normalized spacial score (nSPS) is 29.1. The van der Waals surface area contributed by atoms with E-state index < -0.39 is 0 Å². The molecule has 0 amide bonds. The predicted molar refractivity (Wildman–Crippen MR) is 85.1 cm³/mol. The molecule has 2 aliphatic heterocycles. The fraction of sp³-hybridized carbons (Fsp3) is 0.611. The monoisotopic (exact) mass is 303 g/mol. The van der Waals surface area contributed by atoms with Gasteiger partial charge in [-0.1, -0.05) is 12.1 Å². The molecule has 2 bridgehead atoms. The second-order valence-corrected chi connectivity index (χ2v) is 6.58. The fourth-order valence-corrected chi connectivity index (χ4v) is 3.75. The van der Waals surface area contributed by atoms with Crippen LogP contribution in [-0.2, 0) is 9.53 Å². The van der Waals surface area contributed by atoms with E-state index in [4.69, 9.17) is 9.47 Å². The lowest BCUT2D eigenvalue weighted by molar-refractivity contribution is -0.153. The van der Waals surface area contributed by atoms with Gasteiger partial charge in [0.25, 0.3) is 0 Å². The van der Waals surface area contributed by atoms with E-state index in [2.05, 4.69) is 11.9 Å². The summed E-state index contributed by atoms with van der Waals surface area (Å²) in [4.78, 5) is 14.9. The van der Waals surface area contributed by atoms with E-state index >= 15 is 0 Å². The van der Waals surface area contributed by atoms with Gasteiger partial charge >= 0.3 is 5.97 Å². The van der Waals surface area contributed by atoms with Crippen molar-refractivity contribution in [3.63, 3.8) is 0 Å². The zero-order valence-electron chi connectivity index (χ0n) is 13.6. The lowest BCUT2D eigenvalue weighted by Crippen LogP contribution is -2.43. The first kappa shape index (κ1) is 15.3. The minimum Gasteiger partial charge on any atom is -0.497 e. The molecule has 4 nitrogen and oxygen atoms in total. The van der Waals surface area contributed by atoms with Gasteiger partial charge in [-0.3, -0.25) is 4.79 Å². The van der Waals surface area contributed by atoms with E-state index in [1.54, 1.807) is 7.11 Å². The number of hydrogen-bond acceptors (Lipinski definition) is 4. The second-order valence-electron chi connectivity index (χ2n) is 6.58. The van der Waals surface area contributed by atoms with Gasteiger partial charge in [-0.15, -0.1) is 0 Å². The van der Waals surface area contributed by atoms with Gasteiger partial charge in [-0.25, -0.2) is 0 Å². The van der Waals surface area contributed by atoms with Crippen LogP contribution in [0.15, 0.2) is 24.3 Å². The molecule has 4 atom stereocenters. The molecule has 1 aromatic carbocycles. The van der Waals surface area contributed by atoms with Crippen molar-refractivity contribution in [3.05, 3.63) is 29.8 Å². The maximum atomic E-state index is 12.4. The third kappa shape index (κ3) is 2.98. The molecule has 0 saturated carbocycles. The van der Waals surface area contributed by atoms with Crippen LogP contribution in [0.5, 0.6) is 5.75 Å². The number of methoxy groups -OCH3 is 1. The van der Waals surface area contributed by atoms with E-state index in [-0.39, 0.29) is 18.0 Å². The van der Waals surface area contributed by atoms with Crippen LogP contribution >= 0.6 is 0 Å². The molecule has 22 heavy (non-hydrogen) atoms. The summed E-state index contributed by atoms with van der Waals surface area (Å²) in [5.74, 6) is 0.457. The number of esters is 1. The van der Waals surface area contributed by atoms with Crippen molar-refractivity contribution in [2.75, 3.05) is 14.2 Å². The molecule has 2 heterocycles. The molecule has 2 fully saturated rings. The standard InChI is InChI=1S/C18H25NO3/c1-12(13-4-8-16(21-3)9-5-13)18(20)22-17-10-14-6-7-15(11-17)19(14)2/h4-5,8-9,12,14-15,17H,6-7,10-11H2,1-3H3/t12?,14-,15+,17?. The number of carbonyl (C=O) groups is 1. The summed E-state index contributed by atoms with van der Waals surface area (Å²) in [7, 11) is 3.83. The lowest BCUT2D eigenvalue weighted by Gasteiger charge is -2.36. The molecule has 0 spiro atoms. The molecule has 2 saturated heterocycles. The molecule has 0 N–H and O–H groups in total. The van der Waals surface area contributed by atoms with Crippen molar-refractivity contribution in [1.29, 1.82) is 0 Å². The van der Waals surface area contributed by atoms with Gasteiger partial charge < -0.3 is 14.4 Å². The van der Waals surface area contributed by atoms with Crippen LogP contribution in [0.3, 0.4) is 0 Å². The van der Waals surface area contributed by atoms with Gasteiger partial charge in [0.05, 0.1) is 13.0 Å². The number of fused-ring (bicyclic) bond motifs is 2. The van der Waals surface area contributed by atoms with Crippen molar-refractivity contribution in [2.45, 2.75) is 56.7 Å². The smallest absolute Gasteiger partial charge is 0.313 e. The summed E-state index contributed by atoms with van der Waals surface area (Å²) in [5, 5.41) is 0. The highest BCUT2D eigenvalue weighted by molar-refractivity contribution is 5.77. The maximum absolute atomic E-state index is 12.4. The van der Waals surface area contributed by atoms with E-state index in [9.17, 15) is 4.79 Å². The molecule has 0 radical (unpaired) electrons. The Balaban J connectivity index is 1.59. The molecule has 2 unspecified atom stereocenters. The summed E-state index contributed by atoms with van der Waals surface area (Å²) >= 11 is 0. The Hall–Kier alpha value is -1.55. The Labute approximate surface area is 132 Å². The van der Waals surface area contributed by atoms with E-state index in [1.807, 2.05) is 31.2 Å². The van der Waals surface area contributed by atoms with Crippen LogP contribution in [0.4, 0.5) is 0 Å². The first-order chi connectivity index (χ1) is 10.6. The van der Waals surface area contributed by atoms with Gasteiger partial charge in [0, 0.05) is 12.1 Å². The number of ether oxygens (including phenoxy) is 2. The van der Waals surface area contributed by atoms with E-state index in [0.29, 0.717) is 12.1 Å². The topological polar surface area (TPSA) is 38.8 Å². The quantitative estimate of drug-likeness (QED) is 0.802. The first-order valence-corrected chi connectivity index (χ1v) is 8.15. The molecule has 1 aromatic rings. The van der Waals surface area contributed by atoms with Gasteiger partial charge in [0.2, 0.25) is 0 Å². The Morgan fingerprint density at radius 2 is 1.77 bits per heavy atom. The van der Waals surface area contributed by atoms with Gasteiger partial charge in [0.15, 0.2) is 0 Å². The zero-order valence-corrected chi connectivity index (χ0v) is 13.6.